The van der Waals surface area contributed by atoms with Crippen molar-refractivity contribution < 1.29 is 0 Å². The lowest BCUT2D eigenvalue weighted by atomic mass is 9.76. The number of nitrogens with zero attached hydrogens (tertiary/aromatic N) is 1. The summed E-state index contributed by atoms with van der Waals surface area (Å²) in [6.45, 7) is 6.56. The third kappa shape index (κ3) is 4.26. The third-order valence-electron chi connectivity index (χ3n) is 3.54. The number of hydrogen-bond acceptors (Lipinski definition) is 2. The van der Waals surface area contributed by atoms with E-state index >= 15 is 0 Å². The molecule has 0 radical (unpaired) electrons. The highest BCUT2D eigenvalue weighted by Gasteiger charge is 2.24. The van der Waals surface area contributed by atoms with Crippen LogP contribution in [0.2, 0.25) is 0 Å². The zero-order valence-corrected chi connectivity index (χ0v) is 13.5. The van der Waals surface area contributed by atoms with Gasteiger partial charge in [0.2, 0.25) is 0 Å². The van der Waals surface area contributed by atoms with Crippen LogP contribution in [-0.4, -0.2) is 11.3 Å². The Kier molecular flexibility index (Phi) is 4.91. The van der Waals surface area contributed by atoms with Gasteiger partial charge in [-0.05, 0) is 54.3 Å². The quantitative estimate of drug-likeness (QED) is 0.497. The second-order valence-electron chi connectivity index (χ2n) is 5.78. The van der Waals surface area contributed by atoms with Crippen LogP contribution in [-0.2, 0) is 0 Å². The average molecular weight is 299 g/mol. The van der Waals surface area contributed by atoms with E-state index in [1.807, 2.05) is 36.5 Å². The Labute approximate surface area is 131 Å². The Morgan fingerprint density at radius 3 is 2.67 bits per heavy atom. The molecule has 0 saturated carbocycles. The fourth-order valence-electron chi connectivity index (χ4n) is 2.38. The minimum atomic E-state index is 0.110. The number of hydrazone groups is 1. The molecule has 0 aliphatic heterocycles. The van der Waals surface area contributed by atoms with E-state index in [0.717, 1.165) is 12.1 Å². The second kappa shape index (κ2) is 6.68. The summed E-state index contributed by atoms with van der Waals surface area (Å²) >= 11 is 5.22. The fourth-order valence-corrected chi connectivity index (χ4v) is 2.55. The second-order valence-corrected chi connectivity index (χ2v) is 6.19. The first-order valence-electron chi connectivity index (χ1n) is 7.02. The highest BCUT2D eigenvalue weighted by molar-refractivity contribution is 7.80. The van der Waals surface area contributed by atoms with Crippen molar-refractivity contribution in [3.63, 3.8) is 0 Å². The maximum Gasteiger partial charge on any atom is 0.191 e. The van der Waals surface area contributed by atoms with Crippen LogP contribution in [0.5, 0.6) is 0 Å². The van der Waals surface area contributed by atoms with Crippen LogP contribution in [0.4, 0.5) is 5.69 Å². The van der Waals surface area contributed by atoms with Gasteiger partial charge in [0.15, 0.2) is 5.11 Å². The van der Waals surface area contributed by atoms with Crippen LogP contribution >= 0.6 is 12.2 Å². The van der Waals surface area contributed by atoms with Crippen molar-refractivity contribution in [3.05, 3.63) is 53.6 Å². The number of hydrogen-bond donors (Lipinski definition) is 2. The predicted octanol–water partition coefficient (Wildman–Crippen LogP) is 4.26. The summed E-state index contributed by atoms with van der Waals surface area (Å²) in [4.78, 5) is 0. The van der Waals surface area contributed by atoms with Crippen molar-refractivity contribution in [2.24, 2.45) is 10.5 Å². The normalized spacial score (nSPS) is 17.1. The summed E-state index contributed by atoms with van der Waals surface area (Å²) in [5.74, 6) is 0. The van der Waals surface area contributed by atoms with Gasteiger partial charge in [0.1, 0.15) is 0 Å². The SMILES string of the molecule is CC1=C(/C=N/NC(=S)Nc2ccccc2)C(C)(C)CC=C1. The van der Waals surface area contributed by atoms with E-state index in [0.29, 0.717) is 5.11 Å². The number of nitrogens with one attached hydrogen (secondary N) is 2. The van der Waals surface area contributed by atoms with Gasteiger partial charge in [-0.1, -0.05) is 44.2 Å². The van der Waals surface area contributed by atoms with Gasteiger partial charge in [0.25, 0.3) is 0 Å². The molecule has 0 spiro atoms. The molecule has 1 aromatic carbocycles. The molecule has 4 heteroatoms. The Hall–Kier alpha value is -1.94. The number of allylic oxidation sites excluding steroid dienone is 4. The molecule has 1 aromatic rings. The van der Waals surface area contributed by atoms with Crippen molar-refractivity contribution >= 4 is 29.2 Å². The summed E-state index contributed by atoms with van der Waals surface area (Å²) < 4.78 is 0. The molecule has 0 bridgehead atoms. The number of rotatable bonds is 3. The molecule has 0 atom stereocenters. The summed E-state index contributed by atoms with van der Waals surface area (Å²) in [5, 5.41) is 7.84. The Morgan fingerprint density at radius 2 is 2.00 bits per heavy atom. The van der Waals surface area contributed by atoms with E-state index in [9.17, 15) is 0 Å². The van der Waals surface area contributed by atoms with E-state index < -0.39 is 0 Å². The monoisotopic (exact) mass is 299 g/mol. The lowest BCUT2D eigenvalue weighted by molar-refractivity contribution is 0.464. The molecule has 0 amide bonds. The van der Waals surface area contributed by atoms with Crippen LogP contribution in [0, 0.1) is 5.41 Å². The number of para-hydroxylation sites is 1. The smallest absolute Gasteiger partial charge is 0.191 e. The highest BCUT2D eigenvalue weighted by atomic mass is 32.1. The minimum absolute atomic E-state index is 0.110. The topological polar surface area (TPSA) is 36.4 Å². The fraction of sp³-hybridized carbons (Fsp3) is 0.294. The molecule has 0 aromatic heterocycles. The maximum atomic E-state index is 5.22. The van der Waals surface area contributed by atoms with E-state index in [4.69, 9.17) is 12.2 Å². The van der Waals surface area contributed by atoms with E-state index in [1.165, 1.54) is 11.1 Å². The number of anilines is 1. The maximum absolute atomic E-state index is 5.22. The standard InChI is InChI=1S/C17H21N3S/c1-13-8-7-11-17(2,3)15(13)12-18-20-16(21)19-14-9-5-4-6-10-14/h4-10,12H,11H2,1-3H3,(H2,19,20,21)/b18-12+. The summed E-state index contributed by atoms with van der Waals surface area (Å²) in [6, 6.07) is 9.80. The first kappa shape index (κ1) is 15.4. The van der Waals surface area contributed by atoms with Gasteiger partial charge in [0.05, 0.1) is 6.21 Å². The van der Waals surface area contributed by atoms with Crippen LogP contribution in [0.25, 0.3) is 0 Å². The molecular formula is C17H21N3S. The Balaban J connectivity index is 1.96. The average Bonchev–Trinajstić information content (AvgIpc) is 2.43. The predicted molar refractivity (Wildman–Crippen MR) is 94.5 cm³/mol. The lowest BCUT2D eigenvalue weighted by Gasteiger charge is -2.28. The summed E-state index contributed by atoms with van der Waals surface area (Å²) in [6.07, 6.45) is 7.26. The molecule has 3 nitrogen and oxygen atoms in total. The van der Waals surface area contributed by atoms with Crippen LogP contribution in [0.3, 0.4) is 0 Å². The van der Waals surface area contributed by atoms with Gasteiger partial charge in [-0.2, -0.15) is 5.10 Å². The molecule has 0 saturated heterocycles. The largest absolute Gasteiger partial charge is 0.331 e. The van der Waals surface area contributed by atoms with E-state index in [-0.39, 0.29) is 5.41 Å². The number of thiocarbonyl (C=S) groups is 1. The zero-order chi connectivity index (χ0) is 15.3. The van der Waals surface area contributed by atoms with Gasteiger partial charge in [0, 0.05) is 5.69 Å². The van der Waals surface area contributed by atoms with Crippen LogP contribution in [0.15, 0.2) is 58.7 Å². The molecule has 2 rings (SSSR count). The summed E-state index contributed by atoms with van der Waals surface area (Å²) in [7, 11) is 0. The van der Waals surface area contributed by atoms with Gasteiger partial charge >= 0.3 is 0 Å². The first-order chi connectivity index (χ1) is 9.99. The van der Waals surface area contributed by atoms with E-state index in [2.05, 4.69) is 48.8 Å². The Bertz CT molecular complexity index is 598. The van der Waals surface area contributed by atoms with Gasteiger partial charge in [-0.3, -0.25) is 5.43 Å². The third-order valence-corrected chi connectivity index (χ3v) is 3.73. The van der Waals surface area contributed by atoms with Crippen molar-refractivity contribution in [3.8, 4) is 0 Å². The lowest BCUT2D eigenvalue weighted by Crippen LogP contribution is -2.25. The molecule has 0 heterocycles. The van der Waals surface area contributed by atoms with Crippen molar-refractivity contribution in [1.29, 1.82) is 0 Å². The molecule has 1 aliphatic rings. The number of benzene rings is 1. The molecule has 0 unspecified atom stereocenters. The molecule has 1 aliphatic carbocycles. The highest BCUT2D eigenvalue weighted by Crippen LogP contribution is 2.35. The Morgan fingerprint density at radius 1 is 1.29 bits per heavy atom. The minimum Gasteiger partial charge on any atom is -0.331 e. The van der Waals surface area contributed by atoms with Crippen molar-refractivity contribution in [2.45, 2.75) is 27.2 Å². The summed E-state index contributed by atoms with van der Waals surface area (Å²) in [5.41, 5.74) is 6.41. The van der Waals surface area contributed by atoms with Gasteiger partial charge in [-0.25, -0.2) is 0 Å². The first-order valence-corrected chi connectivity index (χ1v) is 7.43. The van der Waals surface area contributed by atoms with Crippen LogP contribution < -0.4 is 10.7 Å². The van der Waals surface area contributed by atoms with Gasteiger partial charge < -0.3 is 5.32 Å². The molecular weight excluding hydrogens is 278 g/mol. The molecule has 0 fully saturated rings. The van der Waals surface area contributed by atoms with Crippen molar-refractivity contribution in [2.75, 3.05) is 5.32 Å². The van der Waals surface area contributed by atoms with Crippen LogP contribution in [0.1, 0.15) is 27.2 Å². The molecule has 110 valence electrons. The zero-order valence-electron chi connectivity index (χ0n) is 12.7. The van der Waals surface area contributed by atoms with Gasteiger partial charge in [-0.15, -0.1) is 0 Å². The molecule has 2 N–H and O–H groups in total. The van der Waals surface area contributed by atoms with Crippen molar-refractivity contribution in [1.82, 2.24) is 5.43 Å². The van der Waals surface area contributed by atoms with E-state index in [1.54, 1.807) is 0 Å². The molecule has 21 heavy (non-hydrogen) atoms.